The fourth-order valence-electron chi connectivity index (χ4n) is 16.6. The van der Waals surface area contributed by atoms with Crippen molar-refractivity contribution >= 4 is 0 Å². The molecular weight excluding hydrogens is 1160 g/mol. The Labute approximate surface area is 545 Å². The summed E-state index contributed by atoms with van der Waals surface area (Å²) in [6.07, 6.45) is 0. The van der Waals surface area contributed by atoms with Crippen LogP contribution >= 0.6 is 0 Å². The molecule has 2 unspecified atom stereocenters. The first kappa shape index (κ1) is 58.9. The number of hydrogen-bond acceptors (Lipinski definition) is 9. The predicted octanol–water partition coefficient (Wildman–Crippen LogP) is 14.9. The third-order valence-corrected chi connectivity index (χ3v) is 21.9. The third kappa shape index (κ3) is 8.29. The molecular formula is C85H68O9. The molecule has 0 saturated heterocycles. The topological polar surface area (TPSA) is 182 Å². The lowest BCUT2D eigenvalue weighted by atomic mass is 9.64. The van der Waals surface area contributed by atoms with E-state index in [0.717, 1.165) is 145 Å². The SMILES string of the molecule is CC1(CO)c2ccccc2-c2ccc(-c3ccc(C(c4ccc(-c5ccc6c(c5)C(C)(CO)c5cc(O)ccc5-6)cc4)(c4ccc(-c5ccc6c(c5)C(CO)(CO)c5cc(O)ccc5-6)cc4)c4ccc(-c5ccc6c(c5)C(CO)(CO)c5cc(O)ccc5-6)cc4)cc3)cc21. The van der Waals surface area contributed by atoms with E-state index in [-0.39, 0.29) is 56.9 Å². The Balaban J connectivity index is 0.871. The second kappa shape index (κ2) is 21.7. The molecule has 0 amide bonds. The van der Waals surface area contributed by atoms with Crippen LogP contribution < -0.4 is 0 Å². The molecule has 4 aliphatic rings. The zero-order valence-corrected chi connectivity index (χ0v) is 51.9. The van der Waals surface area contributed by atoms with Gasteiger partial charge in [-0.05, 0) is 230 Å². The van der Waals surface area contributed by atoms with E-state index in [9.17, 15) is 46.0 Å². The van der Waals surface area contributed by atoms with Gasteiger partial charge in [-0.15, -0.1) is 0 Å². The smallest absolute Gasteiger partial charge is 0.115 e. The molecule has 94 heavy (non-hydrogen) atoms. The van der Waals surface area contributed by atoms with Crippen LogP contribution in [0.25, 0.3) is 89.0 Å². The van der Waals surface area contributed by atoms with Crippen molar-refractivity contribution in [2.75, 3.05) is 39.6 Å². The average Bonchev–Trinajstić information content (AvgIpc) is 1.35. The van der Waals surface area contributed by atoms with Crippen molar-refractivity contribution in [2.45, 2.75) is 40.9 Å². The fraction of sp³-hybridized carbons (Fsp3) is 0.153. The van der Waals surface area contributed by atoms with Gasteiger partial charge in [0.25, 0.3) is 0 Å². The van der Waals surface area contributed by atoms with E-state index < -0.39 is 27.1 Å². The van der Waals surface area contributed by atoms with Gasteiger partial charge in [-0.3, -0.25) is 0 Å². The van der Waals surface area contributed by atoms with Crippen LogP contribution in [-0.2, 0) is 27.1 Å². The Morgan fingerprint density at radius 3 is 0.787 bits per heavy atom. The molecule has 0 bridgehead atoms. The normalized spacial score (nSPS) is 17.1. The van der Waals surface area contributed by atoms with Gasteiger partial charge in [0.2, 0.25) is 0 Å². The highest BCUT2D eigenvalue weighted by Gasteiger charge is 2.46. The van der Waals surface area contributed by atoms with E-state index in [1.165, 1.54) is 0 Å². The van der Waals surface area contributed by atoms with Crippen molar-refractivity contribution < 1.29 is 46.0 Å². The molecule has 0 aliphatic heterocycles. The van der Waals surface area contributed by atoms with Crippen molar-refractivity contribution in [3.8, 4) is 106 Å². The van der Waals surface area contributed by atoms with Crippen LogP contribution in [-0.4, -0.2) is 85.6 Å². The summed E-state index contributed by atoms with van der Waals surface area (Å²) in [6.45, 7) is 2.53. The minimum absolute atomic E-state index is 0.0388. The van der Waals surface area contributed by atoms with E-state index in [4.69, 9.17) is 0 Å². The van der Waals surface area contributed by atoms with E-state index in [1.54, 1.807) is 36.4 Å². The Morgan fingerprint density at radius 1 is 0.234 bits per heavy atom. The molecule has 9 nitrogen and oxygen atoms in total. The largest absolute Gasteiger partial charge is 0.508 e. The molecule has 462 valence electrons. The Kier molecular flexibility index (Phi) is 13.6. The van der Waals surface area contributed by atoms with Gasteiger partial charge in [-0.2, -0.15) is 0 Å². The molecule has 9 heteroatoms. The van der Waals surface area contributed by atoms with Gasteiger partial charge in [0.15, 0.2) is 0 Å². The number of aromatic hydroxyl groups is 3. The minimum atomic E-state index is -1.13. The molecule has 0 heterocycles. The van der Waals surface area contributed by atoms with Gasteiger partial charge in [-0.25, -0.2) is 0 Å². The Bertz CT molecular complexity index is 4880. The molecule has 0 fully saturated rings. The summed E-state index contributed by atoms with van der Waals surface area (Å²) < 4.78 is 0. The van der Waals surface area contributed by atoms with E-state index in [1.807, 2.05) is 49.4 Å². The maximum Gasteiger partial charge on any atom is 0.115 e. The highest BCUT2D eigenvalue weighted by molar-refractivity contribution is 5.89. The summed E-state index contributed by atoms with van der Waals surface area (Å²) in [7, 11) is 0. The molecule has 0 saturated carbocycles. The van der Waals surface area contributed by atoms with Crippen LogP contribution in [0.4, 0.5) is 0 Å². The maximum atomic E-state index is 11.1. The van der Waals surface area contributed by atoms with Crippen LogP contribution in [0.1, 0.15) is 80.6 Å². The summed E-state index contributed by atoms with van der Waals surface area (Å²) >= 11 is 0. The summed E-state index contributed by atoms with van der Waals surface area (Å²) in [5.41, 5.74) is 21.6. The molecule has 0 radical (unpaired) electrons. The summed E-state index contributed by atoms with van der Waals surface area (Å²) in [6, 6.07) is 84.1. The van der Waals surface area contributed by atoms with Crippen LogP contribution in [0.2, 0.25) is 0 Å². The van der Waals surface area contributed by atoms with Crippen LogP contribution in [0, 0.1) is 0 Å². The first-order valence-corrected chi connectivity index (χ1v) is 32.0. The molecule has 9 N–H and O–H groups in total. The maximum absolute atomic E-state index is 11.1. The van der Waals surface area contributed by atoms with Gasteiger partial charge >= 0.3 is 0 Å². The lowest BCUT2D eigenvalue weighted by Crippen LogP contribution is -2.34. The second-order valence-electron chi connectivity index (χ2n) is 26.6. The quantitative estimate of drug-likeness (QED) is 0.0479. The van der Waals surface area contributed by atoms with Crippen LogP contribution in [0.3, 0.4) is 0 Å². The zero-order valence-electron chi connectivity index (χ0n) is 51.9. The number of benzene rings is 12. The highest BCUT2D eigenvalue weighted by Crippen LogP contribution is 2.56. The lowest BCUT2D eigenvalue weighted by molar-refractivity contribution is 0.145. The van der Waals surface area contributed by atoms with Gasteiger partial charge in [0.1, 0.15) is 17.2 Å². The van der Waals surface area contributed by atoms with Crippen LogP contribution in [0.5, 0.6) is 17.2 Å². The van der Waals surface area contributed by atoms with Crippen molar-refractivity contribution in [1.29, 1.82) is 0 Å². The molecule has 16 rings (SSSR count). The number of fused-ring (bicyclic) bond motifs is 12. The number of hydrogen-bond donors (Lipinski definition) is 9. The van der Waals surface area contributed by atoms with E-state index >= 15 is 0 Å². The first-order chi connectivity index (χ1) is 45.7. The monoisotopic (exact) mass is 1230 g/mol. The average molecular weight is 1230 g/mol. The van der Waals surface area contributed by atoms with E-state index in [2.05, 4.69) is 177 Å². The van der Waals surface area contributed by atoms with Gasteiger partial charge < -0.3 is 46.0 Å². The molecule has 12 aromatic rings. The first-order valence-electron chi connectivity index (χ1n) is 32.0. The minimum Gasteiger partial charge on any atom is -0.508 e. The molecule has 12 aromatic carbocycles. The van der Waals surface area contributed by atoms with Crippen molar-refractivity contribution in [3.05, 3.63) is 315 Å². The second-order valence-corrected chi connectivity index (χ2v) is 26.6. The van der Waals surface area contributed by atoms with Crippen molar-refractivity contribution in [3.63, 3.8) is 0 Å². The number of rotatable bonds is 14. The summed E-state index contributed by atoms with van der Waals surface area (Å²) in [5.74, 6) is 0.268. The fourth-order valence-corrected chi connectivity index (χ4v) is 16.6. The van der Waals surface area contributed by atoms with Gasteiger partial charge in [0.05, 0.1) is 55.9 Å². The Hall–Kier alpha value is -10.2. The number of phenolic OH excluding ortho intramolecular Hbond substituents is 3. The van der Waals surface area contributed by atoms with Gasteiger partial charge in [0, 0.05) is 10.8 Å². The Morgan fingerprint density at radius 2 is 0.468 bits per heavy atom. The van der Waals surface area contributed by atoms with E-state index in [0.29, 0.717) is 11.1 Å². The van der Waals surface area contributed by atoms with Crippen molar-refractivity contribution in [1.82, 2.24) is 0 Å². The third-order valence-electron chi connectivity index (χ3n) is 21.9. The molecule has 0 aromatic heterocycles. The molecule has 0 spiro atoms. The summed E-state index contributed by atoms with van der Waals surface area (Å²) in [5, 5.41) is 98.4. The molecule has 2 atom stereocenters. The number of phenols is 3. The lowest BCUT2D eigenvalue weighted by Gasteiger charge is -2.37. The summed E-state index contributed by atoms with van der Waals surface area (Å²) in [4.78, 5) is 0. The van der Waals surface area contributed by atoms with Crippen molar-refractivity contribution in [2.24, 2.45) is 0 Å². The highest BCUT2D eigenvalue weighted by atomic mass is 16.3. The zero-order chi connectivity index (χ0) is 64.6. The standard InChI is InChI=1S/C85H68O9/c1-81(44-86)73-6-4-3-5-65(73)66-30-15-54(37-74(66)81)50-7-19-58(20-8-50)85(59-21-9-51(10-22-59)55-16-31-67-68-34-27-62(92)41-76(68)82(2,45-87)75(67)38-55,60-23-11-52(12-24-60)56-17-32-69-71-35-28-63(93)42-79(71)83(46-88,47-89)77(69)39-56)61-25-13-53(14-26-61)57-18-33-70-72-36-29-64(94)43-80(72)84(48-90,49-91)78(70)40-57/h3-43,86-94H,44-49H2,1-2H3. The van der Waals surface area contributed by atoms with Gasteiger partial charge in [-0.1, -0.05) is 188 Å². The number of aliphatic hydroxyl groups excluding tert-OH is 6. The van der Waals surface area contributed by atoms with Crippen LogP contribution in [0.15, 0.2) is 249 Å². The number of aliphatic hydroxyl groups is 6. The predicted molar refractivity (Wildman–Crippen MR) is 370 cm³/mol. The molecule has 4 aliphatic carbocycles.